The Bertz CT molecular complexity index is 537. The van der Waals surface area contributed by atoms with E-state index in [2.05, 4.69) is 33.0 Å². The van der Waals surface area contributed by atoms with Crippen LogP contribution in [-0.2, 0) is 13.1 Å². The average molecular weight is 201 g/mol. The number of fused-ring (bicyclic) bond motifs is 2. The third-order valence-corrected chi connectivity index (χ3v) is 2.68. The molecule has 0 spiro atoms. The van der Waals surface area contributed by atoms with E-state index in [9.17, 15) is 0 Å². The quantitative estimate of drug-likeness (QED) is 0.674. The van der Waals surface area contributed by atoms with Gasteiger partial charge >= 0.3 is 0 Å². The van der Waals surface area contributed by atoms with Gasteiger partial charge < -0.3 is 5.73 Å². The number of rotatable bonds is 0. The molecule has 2 aromatic heterocycles. The van der Waals surface area contributed by atoms with E-state index in [-0.39, 0.29) is 0 Å². The maximum atomic E-state index is 5.78. The van der Waals surface area contributed by atoms with Crippen molar-refractivity contribution in [3.05, 3.63) is 23.7 Å². The summed E-state index contributed by atoms with van der Waals surface area (Å²) >= 11 is 0. The van der Waals surface area contributed by atoms with Crippen LogP contribution in [0.2, 0.25) is 0 Å². The van der Waals surface area contributed by atoms with Crippen LogP contribution in [0.25, 0.3) is 11.0 Å². The molecule has 0 aliphatic carbocycles. The van der Waals surface area contributed by atoms with Gasteiger partial charge in [0.15, 0.2) is 5.65 Å². The van der Waals surface area contributed by atoms with Crippen molar-refractivity contribution < 1.29 is 0 Å². The van der Waals surface area contributed by atoms with E-state index in [1.165, 1.54) is 11.9 Å². The molecule has 0 aromatic carbocycles. The summed E-state index contributed by atoms with van der Waals surface area (Å²) in [4.78, 5) is 14.8. The molecule has 5 heteroatoms. The lowest BCUT2D eigenvalue weighted by Gasteiger charge is -2.02. The Hall–Kier alpha value is -1.75. The summed E-state index contributed by atoms with van der Waals surface area (Å²) in [7, 11) is 2.07. The summed E-state index contributed by atoms with van der Waals surface area (Å²) in [5, 5.41) is 0.853. The molecule has 76 valence electrons. The molecule has 1 aliphatic rings. The first-order chi connectivity index (χ1) is 7.24. The fourth-order valence-electron chi connectivity index (χ4n) is 1.96. The molecular weight excluding hydrogens is 190 g/mol. The van der Waals surface area contributed by atoms with Crippen molar-refractivity contribution in [2.24, 2.45) is 0 Å². The summed E-state index contributed by atoms with van der Waals surface area (Å²) in [6.45, 7) is 1.81. The zero-order valence-corrected chi connectivity index (χ0v) is 8.44. The average Bonchev–Trinajstić information content (AvgIpc) is 2.55. The molecule has 0 unspecified atom stereocenters. The van der Waals surface area contributed by atoms with E-state index >= 15 is 0 Å². The van der Waals surface area contributed by atoms with Crippen LogP contribution in [0.3, 0.4) is 0 Å². The topological polar surface area (TPSA) is 67.9 Å². The van der Waals surface area contributed by atoms with Crippen molar-refractivity contribution in [3.63, 3.8) is 0 Å². The van der Waals surface area contributed by atoms with E-state index < -0.39 is 0 Å². The van der Waals surface area contributed by atoms with Crippen molar-refractivity contribution in [1.82, 2.24) is 19.9 Å². The van der Waals surface area contributed by atoms with Gasteiger partial charge in [-0.3, -0.25) is 4.90 Å². The predicted molar refractivity (Wildman–Crippen MR) is 56.9 cm³/mol. The molecule has 0 atom stereocenters. The van der Waals surface area contributed by atoms with Crippen LogP contribution in [0.1, 0.15) is 11.3 Å². The SMILES string of the molecule is CN1Cc2cc3c(N)ncnc3nc2C1. The van der Waals surface area contributed by atoms with Gasteiger partial charge in [-0.1, -0.05) is 0 Å². The third kappa shape index (κ3) is 1.24. The summed E-state index contributed by atoms with van der Waals surface area (Å²) in [6.07, 6.45) is 1.45. The second-order valence-electron chi connectivity index (χ2n) is 3.90. The number of nitrogens with two attached hydrogens (primary N) is 1. The molecule has 0 saturated carbocycles. The standard InChI is InChI=1S/C10H11N5/c1-15-3-6-2-7-9(11)12-5-13-10(7)14-8(6)4-15/h2,5H,3-4H2,1H3,(H2,11,12,13,14). The highest BCUT2D eigenvalue weighted by atomic mass is 15.1. The van der Waals surface area contributed by atoms with Crippen molar-refractivity contribution in [1.29, 1.82) is 0 Å². The lowest BCUT2D eigenvalue weighted by molar-refractivity contribution is 0.351. The highest BCUT2D eigenvalue weighted by molar-refractivity contribution is 5.85. The normalized spacial score (nSPS) is 15.8. The number of anilines is 1. The molecule has 3 rings (SSSR count). The molecule has 0 saturated heterocycles. The van der Waals surface area contributed by atoms with Crippen LogP contribution in [0, 0.1) is 0 Å². The lowest BCUT2D eigenvalue weighted by atomic mass is 10.2. The van der Waals surface area contributed by atoms with Crippen LogP contribution < -0.4 is 5.73 Å². The third-order valence-electron chi connectivity index (χ3n) is 2.68. The largest absolute Gasteiger partial charge is 0.383 e. The van der Waals surface area contributed by atoms with Crippen LogP contribution >= 0.6 is 0 Å². The smallest absolute Gasteiger partial charge is 0.164 e. The molecule has 0 fully saturated rings. The van der Waals surface area contributed by atoms with E-state index in [4.69, 9.17) is 5.73 Å². The van der Waals surface area contributed by atoms with Crippen molar-refractivity contribution >= 4 is 16.9 Å². The van der Waals surface area contributed by atoms with Crippen LogP contribution in [0.15, 0.2) is 12.4 Å². The Balaban J connectivity index is 2.30. The molecule has 0 radical (unpaired) electrons. The highest BCUT2D eigenvalue weighted by Gasteiger charge is 2.18. The van der Waals surface area contributed by atoms with Crippen molar-refractivity contribution in [2.45, 2.75) is 13.1 Å². The van der Waals surface area contributed by atoms with Crippen LogP contribution in [0.5, 0.6) is 0 Å². The van der Waals surface area contributed by atoms with Crippen LogP contribution in [-0.4, -0.2) is 26.9 Å². The number of hydrogen-bond acceptors (Lipinski definition) is 5. The maximum Gasteiger partial charge on any atom is 0.164 e. The summed E-state index contributed by atoms with van der Waals surface area (Å²) in [6, 6.07) is 2.05. The summed E-state index contributed by atoms with van der Waals surface area (Å²) < 4.78 is 0. The number of pyridine rings is 1. The monoisotopic (exact) mass is 201 g/mol. The van der Waals surface area contributed by atoms with Gasteiger partial charge in [0.2, 0.25) is 0 Å². The van der Waals surface area contributed by atoms with Gasteiger partial charge in [-0.15, -0.1) is 0 Å². The zero-order valence-electron chi connectivity index (χ0n) is 8.44. The Kier molecular flexibility index (Phi) is 1.63. The molecule has 5 nitrogen and oxygen atoms in total. The van der Waals surface area contributed by atoms with Crippen LogP contribution in [0.4, 0.5) is 5.82 Å². The first kappa shape index (κ1) is 8.55. The Labute approximate surface area is 87.0 Å². The summed E-state index contributed by atoms with van der Waals surface area (Å²) in [5.41, 5.74) is 8.80. The second-order valence-corrected chi connectivity index (χ2v) is 3.90. The van der Waals surface area contributed by atoms with Crippen molar-refractivity contribution in [3.8, 4) is 0 Å². The molecule has 0 bridgehead atoms. The van der Waals surface area contributed by atoms with E-state index in [0.717, 1.165) is 24.2 Å². The minimum atomic E-state index is 0.504. The lowest BCUT2D eigenvalue weighted by Crippen LogP contribution is -2.07. The van der Waals surface area contributed by atoms with Gasteiger partial charge in [-0.05, 0) is 18.7 Å². The fourth-order valence-corrected chi connectivity index (χ4v) is 1.96. The van der Waals surface area contributed by atoms with Crippen molar-refractivity contribution in [2.75, 3.05) is 12.8 Å². The molecule has 2 N–H and O–H groups in total. The molecule has 15 heavy (non-hydrogen) atoms. The fraction of sp³-hybridized carbons (Fsp3) is 0.300. The Morgan fingerprint density at radius 3 is 3.07 bits per heavy atom. The van der Waals surface area contributed by atoms with Gasteiger partial charge in [0.1, 0.15) is 12.1 Å². The first-order valence-corrected chi connectivity index (χ1v) is 4.81. The molecular formula is C10H11N5. The Morgan fingerprint density at radius 1 is 1.33 bits per heavy atom. The van der Waals surface area contributed by atoms with Gasteiger partial charge in [0.25, 0.3) is 0 Å². The van der Waals surface area contributed by atoms with Gasteiger partial charge in [0.05, 0.1) is 11.1 Å². The van der Waals surface area contributed by atoms with Gasteiger partial charge in [-0.2, -0.15) is 0 Å². The Morgan fingerprint density at radius 2 is 2.20 bits per heavy atom. The molecule has 1 aliphatic heterocycles. The molecule has 3 heterocycles. The highest BCUT2D eigenvalue weighted by Crippen LogP contribution is 2.24. The minimum absolute atomic E-state index is 0.504. The predicted octanol–water partition coefficient (Wildman–Crippen LogP) is 0.552. The second kappa shape index (κ2) is 2.87. The maximum absolute atomic E-state index is 5.78. The number of nitrogen functional groups attached to an aromatic ring is 1. The minimum Gasteiger partial charge on any atom is -0.383 e. The van der Waals surface area contributed by atoms with E-state index in [0.29, 0.717) is 11.5 Å². The van der Waals surface area contributed by atoms with E-state index in [1.807, 2.05) is 0 Å². The van der Waals surface area contributed by atoms with Gasteiger partial charge in [-0.25, -0.2) is 15.0 Å². The number of nitrogens with zero attached hydrogens (tertiary/aromatic N) is 4. The molecule has 2 aromatic rings. The summed E-state index contributed by atoms with van der Waals surface area (Å²) in [5.74, 6) is 0.504. The molecule has 0 amide bonds. The zero-order chi connectivity index (χ0) is 10.4. The number of hydrogen-bond donors (Lipinski definition) is 1. The first-order valence-electron chi connectivity index (χ1n) is 4.81. The van der Waals surface area contributed by atoms with E-state index in [1.54, 1.807) is 0 Å². The van der Waals surface area contributed by atoms with Gasteiger partial charge in [0, 0.05) is 13.1 Å². The number of aromatic nitrogens is 3.